The molecule has 0 saturated carbocycles. The zero-order chi connectivity index (χ0) is 24.2. The van der Waals surface area contributed by atoms with Crippen molar-refractivity contribution in [2.45, 2.75) is 19.0 Å². The Labute approximate surface area is 198 Å². The van der Waals surface area contributed by atoms with Gasteiger partial charge in [0.2, 0.25) is 0 Å². The van der Waals surface area contributed by atoms with Crippen LogP contribution in [0.1, 0.15) is 33.0 Å². The van der Waals surface area contributed by atoms with E-state index in [1.165, 1.54) is 36.4 Å². The van der Waals surface area contributed by atoms with E-state index in [1.807, 2.05) is 0 Å². The molecule has 0 bridgehead atoms. The quantitative estimate of drug-likeness (QED) is 0.265. The van der Waals surface area contributed by atoms with Crippen molar-refractivity contribution in [1.29, 1.82) is 0 Å². The molecule has 2 nitrogen and oxygen atoms in total. The highest BCUT2D eigenvalue weighted by molar-refractivity contribution is 6.34. The van der Waals surface area contributed by atoms with Crippen molar-refractivity contribution >= 4 is 40.7 Å². The van der Waals surface area contributed by atoms with Gasteiger partial charge in [0.05, 0.1) is 18.2 Å². The summed E-state index contributed by atoms with van der Waals surface area (Å²) in [6, 6.07) is 14.5. The van der Waals surface area contributed by atoms with E-state index in [-0.39, 0.29) is 33.6 Å². The predicted molar refractivity (Wildman–Crippen MR) is 125 cm³/mol. The highest BCUT2D eigenvalue weighted by Crippen LogP contribution is 2.38. The van der Waals surface area contributed by atoms with E-state index in [1.54, 1.807) is 37.3 Å². The number of ketones is 1. The van der Waals surface area contributed by atoms with Crippen LogP contribution >= 0.6 is 23.2 Å². The fourth-order valence-corrected chi connectivity index (χ4v) is 3.89. The molecule has 172 valence electrons. The van der Waals surface area contributed by atoms with Crippen LogP contribution in [0.2, 0.25) is 10.0 Å². The Hall–Kier alpha value is -2.83. The normalized spacial score (nSPS) is 12.7. The molecule has 0 aliphatic rings. The second kappa shape index (κ2) is 10.4. The molecular formula is C25H19Cl2F4NO. The Kier molecular flexibility index (Phi) is 7.82. The van der Waals surface area contributed by atoms with Crippen molar-refractivity contribution in [1.82, 2.24) is 0 Å². The van der Waals surface area contributed by atoms with Crippen molar-refractivity contribution in [3.05, 3.63) is 105 Å². The summed E-state index contributed by atoms with van der Waals surface area (Å²) in [5.41, 5.74) is 1.62. The predicted octanol–water partition coefficient (Wildman–Crippen LogP) is 8.10. The molecule has 0 aromatic heterocycles. The molecule has 8 heteroatoms. The van der Waals surface area contributed by atoms with E-state index in [4.69, 9.17) is 23.2 Å². The van der Waals surface area contributed by atoms with Gasteiger partial charge in [-0.3, -0.25) is 4.79 Å². The van der Waals surface area contributed by atoms with E-state index in [9.17, 15) is 22.4 Å². The lowest BCUT2D eigenvalue weighted by atomic mass is 9.96. The van der Waals surface area contributed by atoms with Crippen LogP contribution < -0.4 is 5.32 Å². The molecule has 1 atom stereocenters. The highest BCUT2D eigenvalue weighted by atomic mass is 35.5. The summed E-state index contributed by atoms with van der Waals surface area (Å²) in [6.45, 7) is 1.56. The number of carbonyl (C=O) groups is 1. The molecule has 0 heterocycles. The number of halogens is 6. The topological polar surface area (TPSA) is 29.1 Å². The van der Waals surface area contributed by atoms with Crippen molar-refractivity contribution in [3.63, 3.8) is 0 Å². The SMILES string of the molecule is Cc1cc(/C=C/C(c2cc(Cl)cc(Cl)c2)C(F)(F)F)ccc1C(=O)CNc1ccccc1F. The van der Waals surface area contributed by atoms with Crippen LogP contribution in [-0.2, 0) is 0 Å². The van der Waals surface area contributed by atoms with Gasteiger partial charge in [0.25, 0.3) is 0 Å². The van der Waals surface area contributed by atoms with Gasteiger partial charge in [-0.1, -0.05) is 65.7 Å². The van der Waals surface area contributed by atoms with Crippen LogP contribution in [0.15, 0.2) is 66.7 Å². The van der Waals surface area contributed by atoms with Gasteiger partial charge < -0.3 is 5.32 Å². The molecule has 0 amide bonds. The smallest absolute Gasteiger partial charge is 0.375 e. The molecule has 0 radical (unpaired) electrons. The fraction of sp³-hybridized carbons (Fsp3) is 0.160. The first-order valence-electron chi connectivity index (χ1n) is 9.88. The van der Waals surface area contributed by atoms with Crippen LogP contribution in [0.5, 0.6) is 0 Å². The molecule has 1 unspecified atom stereocenters. The zero-order valence-corrected chi connectivity index (χ0v) is 18.9. The number of Topliss-reactive ketones (excluding diaryl/α,β-unsaturated/α-hetero) is 1. The van der Waals surface area contributed by atoms with Crippen molar-refractivity contribution in [2.75, 3.05) is 11.9 Å². The Morgan fingerprint density at radius 2 is 1.70 bits per heavy atom. The summed E-state index contributed by atoms with van der Waals surface area (Å²) >= 11 is 11.7. The van der Waals surface area contributed by atoms with Gasteiger partial charge in [0, 0.05) is 15.6 Å². The highest BCUT2D eigenvalue weighted by Gasteiger charge is 2.39. The Bertz CT molecular complexity index is 1170. The molecule has 3 rings (SSSR count). The molecular weight excluding hydrogens is 477 g/mol. The van der Waals surface area contributed by atoms with Gasteiger partial charge in [0.15, 0.2) is 5.78 Å². The Morgan fingerprint density at radius 3 is 2.30 bits per heavy atom. The average molecular weight is 496 g/mol. The van der Waals surface area contributed by atoms with Crippen LogP contribution in [0, 0.1) is 12.7 Å². The van der Waals surface area contributed by atoms with Crippen LogP contribution in [-0.4, -0.2) is 18.5 Å². The lowest BCUT2D eigenvalue weighted by Crippen LogP contribution is -2.19. The second-order valence-corrected chi connectivity index (χ2v) is 8.28. The number of rotatable bonds is 7. The van der Waals surface area contributed by atoms with Crippen molar-refractivity contribution < 1.29 is 22.4 Å². The third-order valence-electron chi connectivity index (χ3n) is 4.94. The number of allylic oxidation sites excluding steroid dienone is 1. The standard InChI is InChI=1S/C25H19Cl2F4NO/c1-15-10-16(6-8-20(15)24(33)14-32-23-5-3-2-4-22(23)28)7-9-21(25(29,30)31)17-11-18(26)13-19(27)12-17/h2-13,21,32H,14H2,1H3/b9-7+. The molecule has 1 N–H and O–H groups in total. The fourth-order valence-electron chi connectivity index (χ4n) is 3.35. The molecule has 0 fully saturated rings. The molecule has 33 heavy (non-hydrogen) atoms. The molecule has 0 aliphatic heterocycles. The van der Waals surface area contributed by atoms with E-state index in [0.29, 0.717) is 16.7 Å². The largest absolute Gasteiger partial charge is 0.399 e. The number of alkyl halides is 3. The minimum atomic E-state index is -4.55. The summed E-state index contributed by atoms with van der Waals surface area (Å²) in [4.78, 5) is 12.5. The molecule has 0 spiro atoms. The maximum atomic E-state index is 13.7. The number of carbonyl (C=O) groups excluding carboxylic acids is 1. The van der Waals surface area contributed by atoms with Gasteiger partial charge in [-0.25, -0.2) is 4.39 Å². The average Bonchev–Trinajstić information content (AvgIpc) is 2.71. The lowest BCUT2D eigenvalue weighted by Gasteiger charge is -2.18. The maximum Gasteiger partial charge on any atom is 0.399 e. The molecule has 0 aliphatic carbocycles. The number of aryl methyl sites for hydroxylation is 1. The molecule has 0 saturated heterocycles. The zero-order valence-electron chi connectivity index (χ0n) is 17.4. The first-order chi connectivity index (χ1) is 15.5. The molecule has 3 aromatic carbocycles. The number of hydrogen-bond acceptors (Lipinski definition) is 2. The number of anilines is 1. The minimum absolute atomic E-state index is 0.0704. The van der Waals surface area contributed by atoms with E-state index in [2.05, 4.69) is 5.32 Å². The summed E-state index contributed by atoms with van der Waals surface area (Å²) in [5, 5.41) is 2.98. The Morgan fingerprint density at radius 1 is 1.03 bits per heavy atom. The first-order valence-corrected chi connectivity index (χ1v) is 10.6. The van der Waals surface area contributed by atoms with Crippen LogP contribution in [0.3, 0.4) is 0 Å². The third-order valence-corrected chi connectivity index (χ3v) is 5.38. The van der Waals surface area contributed by atoms with Gasteiger partial charge in [-0.2, -0.15) is 13.2 Å². The minimum Gasteiger partial charge on any atom is -0.375 e. The van der Waals surface area contributed by atoms with E-state index < -0.39 is 17.9 Å². The second-order valence-electron chi connectivity index (χ2n) is 7.41. The monoisotopic (exact) mass is 495 g/mol. The van der Waals surface area contributed by atoms with Gasteiger partial charge in [0.1, 0.15) is 5.82 Å². The number of benzene rings is 3. The van der Waals surface area contributed by atoms with Crippen LogP contribution in [0.4, 0.5) is 23.2 Å². The third kappa shape index (κ3) is 6.59. The van der Waals surface area contributed by atoms with Gasteiger partial charge >= 0.3 is 6.18 Å². The van der Waals surface area contributed by atoms with Crippen LogP contribution in [0.25, 0.3) is 6.08 Å². The van der Waals surface area contributed by atoms with Crippen molar-refractivity contribution in [3.8, 4) is 0 Å². The number of hydrogen-bond donors (Lipinski definition) is 1. The summed E-state index contributed by atoms with van der Waals surface area (Å²) < 4.78 is 54.7. The van der Waals surface area contributed by atoms with Gasteiger partial charge in [-0.15, -0.1) is 0 Å². The number of nitrogens with one attached hydrogen (secondary N) is 1. The molecule has 3 aromatic rings. The van der Waals surface area contributed by atoms with E-state index >= 15 is 0 Å². The lowest BCUT2D eigenvalue weighted by molar-refractivity contribution is -0.139. The summed E-state index contributed by atoms with van der Waals surface area (Å²) in [5.74, 6) is -2.64. The summed E-state index contributed by atoms with van der Waals surface area (Å²) in [7, 11) is 0. The number of para-hydroxylation sites is 1. The van der Waals surface area contributed by atoms with Gasteiger partial charge in [-0.05, 0) is 53.9 Å². The van der Waals surface area contributed by atoms with E-state index in [0.717, 1.165) is 6.08 Å². The summed E-state index contributed by atoms with van der Waals surface area (Å²) in [6.07, 6.45) is -2.18. The first kappa shape index (κ1) is 24.8. The van der Waals surface area contributed by atoms with Crippen molar-refractivity contribution in [2.24, 2.45) is 0 Å². The maximum absolute atomic E-state index is 13.7. The Balaban J connectivity index is 1.77.